The largest absolute Gasteiger partial charge is 0.328 e. The third-order valence-corrected chi connectivity index (χ3v) is 1.62. The fourth-order valence-corrected chi connectivity index (χ4v) is 1.02. The minimum atomic E-state index is 0.114. The highest BCUT2D eigenvalue weighted by Gasteiger charge is 2.14. The molecule has 0 bridgehead atoms. The van der Waals surface area contributed by atoms with Gasteiger partial charge >= 0.3 is 0 Å². The number of hydrogen-bond acceptors (Lipinski definition) is 3. The van der Waals surface area contributed by atoms with Crippen LogP contribution < -0.4 is 5.32 Å². The van der Waals surface area contributed by atoms with Gasteiger partial charge in [-0.25, -0.2) is 0 Å². The van der Waals surface area contributed by atoms with E-state index in [-0.39, 0.29) is 5.91 Å². The summed E-state index contributed by atoms with van der Waals surface area (Å²) in [6.45, 7) is 2.44. The highest BCUT2D eigenvalue weighted by atomic mass is 32.1. The molecule has 0 spiro atoms. The van der Waals surface area contributed by atoms with Gasteiger partial charge < -0.3 is 4.90 Å². The van der Waals surface area contributed by atoms with Crippen molar-refractivity contribution in [2.45, 2.75) is 0 Å². The molecule has 0 saturated carbocycles. The summed E-state index contributed by atoms with van der Waals surface area (Å²) in [6, 6.07) is 0. The van der Waals surface area contributed by atoms with Crippen molar-refractivity contribution < 1.29 is 4.79 Å². The van der Waals surface area contributed by atoms with Crippen molar-refractivity contribution in [3.8, 4) is 0 Å². The predicted octanol–water partition coefficient (Wildman–Crippen LogP) is -0.695. The quantitative estimate of drug-likeness (QED) is 0.480. The van der Waals surface area contributed by atoms with Gasteiger partial charge in [0.05, 0.1) is 12.4 Å². The average Bonchev–Trinajstić information content (AvgIpc) is 2.37. The van der Waals surface area contributed by atoms with Crippen molar-refractivity contribution in [2.24, 2.45) is 0 Å². The van der Waals surface area contributed by atoms with Crippen LogP contribution in [0.25, 0.3) is 0 Å². The summed E-state index contributed by atoms with van der Waals surface area (Å²) in [7, 11) is 0. The molecule has 0 aliphatic carbocycles. The Morgan fingerprint density at radius 2 is 2.56 bits per heavy atom. The Kier molecular flexibility index (Phi) is 2.36. The van der Waals surface area contributed by atoms with Gasteiger partial charge in [-0.05, 0) is 0 Å². The third kappa shape index (κ3) is 1.59. The lowest BCUT2D eigenvalue weighted by molar-refractivity contribution is -0.127. The minimum absolute atomic E-state index is 0.114. The van der Waals surface area contributed by atoms with Crippen LogP contribution in [0.15, 0.2) is 0 Å². The molecule has 3 nitrogen and oxygen atoms in total. The zero-order valence-corrected chi connectivity index (χ0v) is 6.03. The standard InChI is InChI=1S/C5H10N2OS/c8-5(3-9)7-2-1-6-4-7/h6,9H,1-4H2. The normalized spacial score (nSPS) is 18.6. The Hall–Kier alpha value is -0.220. The van der Waals surface area contributed by atoms with Crippen LogP contribution in [0, 0.1) is 0 Å². The second-order valence-corrected chi connectivity index (χ2v) is 2.29. The topological polar surface area (TPSA) is 32.3 Å². The van der Waals surface area contributed by atoms with E-state index in [1.54, 1.807) is 4.90 Å². The molecule has 1 saturated heterocycles. The Labute approximate surface area is 59.8 Å². The van der Waals surface area contributed by atoms with Crippen molar-refractivity contribution in [3.05, 3.63) is 0 Å². The van der Waals surface area contributed by atoms with E-state index in [1.807, 2.05) is 0 Å². The average molecular weight is 146 g/mol. The monoisotopic (exact) mass is 146 g/mol. The van der Waals surface area contributed by atoms with E-state index in [0.717, 1.165) is 13.1 Å². The molecule has 1 heterocycles. The van der Waals surface area contributed by atoms with Crippen molar-refractivity contribution in [1.29, 1.82) is 0 Å². The number of nitrogens with zero attached hydrogens (tertiary/aromatic N) is 1. The van der Waals surface area contributed by atoms with E-state index < -0.39 is 0 Å². The second-order valence-electron chi connectivity index (χ2n) is 1.97. The van der Waals surface area contributed by atoms with Crippen LogP contribution in [-0.2, 0) is 4.79 Å². The maximum atomic E-state index is 10.8. The Balaban J connectivity index is 2.32. The summed E-state index contributed by atoms with van der Waals surface area (Å²) in [6.07, 6.45) is 0. The zero-order valence-electron chi connectivity index (χ0n) is 5.13. The van der Waals surface area contributed by atoms with E-state index in [2.05, 4.69) is 17.9 Å². The molecule has 1 aliphatic rings. The minimum Gasteiger partial charge on any atom is -0.328 e. The van der Waals surface area contributed by atoms with Crippen LogP contribution in [0.5, 0.6) is 0 Å². The number of carbonyl (C=O) groups excluding carboxylic acids is 1. The molecule has 1 N–H and O–H groups in total. The van der Waals surface area contributed by atoms with Gasteiger partial charge in [-0.3, -0.25) is 10.1 Å². The lowest BCUT2D eigenvalue weighted by atomic mass is 10.5. The van der Waals surface area contributed by atoms with Gasteiger partial charge in [0.25, 0.3) is 0 Å². The molecule has 4 heteroatoms. The first-order valence-corrected chi connectivity index (χ1v) is 3.57. The van der Waals surface area contributed by atoms with Crippen LogP contribution in [0.4, 0.5) is 0 Å². The van der Waals surface area contributed by atoms with E-state index in [4.69, 9.17) is 0 Å². The smallest absolute Gasteiger partial charge is 0.233 e. The van der Waals surface area contributed by atoms with Crippen LogP contribution in [0.3, 0.4) is 0 Å². The summed E-state index contributed by atoms with van der Waals surface area (Å²) in [4.78, 5) is 12.6. The second kappa shape index (κ2) is 3.08. The summed E-state index contributed by atoms with van der Waals surface area (Å²) < 4.78 is 0. The van der Waals surface area contributed by atoms with Gasteiger partial charge in [-0.15, -0.1) is 0 Å². The van der Waals surface area contributed by atoms with Gasteiger partial charge in [-0.1, -0.05) is 0 Å². The Bertz CT molecular complexity index is 112. The molecule has 52 valence electrons. The molecule has 0 aromatic heterocycles. The van der Waals surface area contributed by atoms with Crippen LogP contribution in [0.2, 0.25) is 0 Å². The molecule has 1 fully saturated rings. The number of hydrogen-bond donors (Lipinski definition) is 2. The van der Waals surface area contributed by atoms with Gasteiger partial charge in [0, 0.05) is 13.1 Å². The van der Waals surface area contributed by atoms with Gasteiger partial charge in [0.2, 0.25) is 5.91 Å². The van der Waals surface area contributed by atoms with Crippen molar-refractivity contribution in [1.82, 2.24) is 10.2 Å². The van der Waals surface area contributed by atoms with E-state index in [0.29, 0.717) is 12.4 Å². The number of nitrogens with one attached hydrogen (secondary N) is 1. The number of carbonyl (C=O) groups is 1. The molecule has 0 aromatic carbocycles. The number of amides is 1. The SMILES string of the molecule is O=C(CS)N1CCNC1. The number of rotatable bonds is 1. The maximum absolute atomic E-state index is 10.8. The first-order valence-electron chi connectivity index (χ1n) is 2.94. The van der Waals surface area contributed by atoms with Crippen molar-refractivity contribution in [2.75, 3.05) is 25.5 Å². The molecule has 0 unspecified atom stereocenters. The molecule has 0 aromatic rings. The lowest BCUT2D eigenvalue weighted by Gasteiger charge is -2.11. The summed E-state index contributed by atoms with van der Waals surface area (Å²) >= 11 is 3.87. The molecule has 0 atom stereocenters. The summed E-state index contributed by atoms with van der Waals surface area (Å²) in [5, 5.41) is 3.06. The van der Waals surface area contributed by atoms with Crippen LogP contribution in [-0.4, -0.2) is 36.3 Å². The molecular weight excluding hydrogens is 136 g/mol. The first kappa shape index (κ1) is 6.89. The first-order chi connectivity index (χ1) is 4.34. The van der Waals surface area contributed by atoms with E-state index in [1.165, 1.54) is 0 Å². The summed E-state index contributed by atoms with van der Waals surface area (Å²) in [5.74, 6) is 0.435. The fraction of sp³-hybridized carbons (Fsp3) is 0.800. The van der Waals surface area contributed by atoms with E-state index in [9.17, 15) is 4.79 Å². The van der Waals surface area contributed by atoms with Crippen molar-refractivity contribution >= 4 is 18.5 Å². The fourth-order valence-electron chi connectivity index (χ4n) is 0.820. The van der Waals surface area contributed by atoms with Gasteiger partial charge in [0.15, 0.2) is 0 Å². The molecular formula is C5H10N2OS. The Morgan fingerprint density at radius 1 is 1.78 bits per heavy atom. The van der Waals surface area contributed by atoms with E-state index >= 15 is 0 Å². The highest BCUT2D eigenvalue weighted by molar-refractivity contribution is 7.81. The van der Waals surface area contributed by atoms with Crippen LogP contribution >= 0.6 is 12.6 Å². The number of thiol groups is 1. The maximum Gasteiger partial charge on any atom is 0.233 e. The predicted molar refractivity (Wildman–Crippen MR) is 38.4 cm³/mol. The molecule has 0 radical (unpaired) electrons. The molecule has 9 heavy (non-hydrogen) atoms. The van der Waals surface area contributed by atoms with Crippen LogP contribution in [0.1, 0.15) is 0 Å². The molecule has 1 amide bonds. The summed E-state index contributed by atoms with van der Waals surface area (Å²) in [5.41, 5.74) is 0. The zero-order chi connectivity index (χ0) is 6.69. The van der Waals surface area contributed by atoms with Gasteiger partial charge in [-0.2, -0.15) is 12.6 Å². The third-order valence-electron chi connectivity index (χ3n) is 1.35. The van der Waals surface area contributed by atoms with Gasteiger partial charge in [0.1, 0.15) is 0 Å². The molecule has 1 rings (SSSR count). The van der Waals surface area contributed by atoms with Crippen molar-refractivity contribution in [3.63, 3.8) is 0 Å². The highest BCUT2D eigenvalue weighted by Crippen LogP contribution is 1.93. The molecule has 1 aliphatic heterocycles. The Morgan fingerprint density at radius 3 is 3.00 bits per heavy atom. The lowest BCUT2D eigenvalue weighted by Crippen LogP contribution is -2.30.